The van der Waals surface area contributed by atoms with Crippen molar-refractivity contribution in [1.29, 1.82) is 0 Å². The highest BCUT2D eigenvalue weighted by Crippen LogP contribution is 2.31. The summed E-state index contributed by atoms with van der Waals surface area (Å²) in [4.78, 5) is 7.48. The number of nitrogens with zero attached hydrogens (tertiary/aromatic N) is 3. The second-order valence-corrected chi connectivity index (χ2v) is 7.77. The molecule has 3 N–H and O–H groups in total. The van der Waals surface area contributed by atoms with Crippen molar-refractivity contribution in [2.45, 2.75) is 45.6 Å². The van der Waals surface area contributed by atoms with Crippen molar-refractivity contribution in [3.8, 4) is 5.75 Å². The van der Waals surface area contributed by atoms with Crippen LogP contribution < -0.4 is 15.4 Å². The third-order valence-corrected chi connectivity index (χ3v) is 5.70. The van der Waals surface area contributed by atoms with Crippen LogP contribution in [-0.4, -0.2) is 60.9 Å². The lowest BCUT2D eigenvalue weighted by atomic mass is 10.0. The van der Waals surface area contributed by atoms with Gasteiger partial charge in [-0.1, -0.05) is 18.2 Å². The van der Waals surface area contributed by atoms with Crippen molar-refractivity contribution in [1.82, 2.24) is 25.7 Å². The number of halogens is 1. The number of ether oxygens (including phenoxy) is 1. The molecule has 1 unspecified atom stereocenters. The molecule has 7 nitrogen and oxygen atoms in total. The van der Waals surface area contributed by atoms with Gasteiger partial charge < -0.3 is 15.4 Å². The fourth-order valence-electron chi connectivity index (χ4n) is 4.04. The molecular weight excluding hydrogens is 503 g/mol. The number of hydrogen-bond acceptors (Lipinski definition) is 4. The van der Waals surface area contributed by atoms with Gasteiger partial charge in [0.15, 0.2) is 5.96 Å². The third kappa shape index (κ3) is 7.38. The van der Waals surface area contributed by atoms with E-state index >= 15 is 0 Å². The minimum Gasteiger partial charge on any atom is -0.496 e. The van der Waals surface area contributed by atoms with E-state index in [0.717, 1.165) is 56.4 Å². The molecule has 1 aliphatic rings. The zero-order valence-electron chi connectivity index (χ0n) is 19.0. The normalized spacial score (nSPS) is 15.4. The maximum absolute atomic E-state index is 5.65. The molecule has 0 bridgehead atoms. The first kappa shape index (κ1) is 25.5. The molecule has 1 aliphatic heterocycles. The molecule has 1 fully saturated rings. The summed E-state index contributed by atoms with van der Waals surface area (Å²) in [5, 5.41) is 14.0. The molecule has 1 aromatic carbocycles. The monoisotopic (exact) mass is 540 g/mol. The first-order chi connectivity index (χ1) is 14.7. The van der Waals surface area contributed by atoms with E-state index in [4.69, 9.17) is 9.73 Å². The predicted octanol–water partition coefficient (Wildman–Crippen LogP) is 3.67. The van der Waals surface area contributed by atoms with Crippen molar-refractivity contribution in [2.24, 2.45) is 4.99 Å². The Labute approximate surface area is 203 Å². The Bertz CT molecular complexity index is 803. The van der Waals surface area contributed by atoms with E-state index in [1.54, 1.807) is 7.11 Å². The number of aromatic amines is 1. The molecule has 2 aromatic rings. The molecule has 1 atom stereocenters. The van der Waals surface area contributed by atoms with Crippen molar-refractivity contribution in [3.05, 3.63) is 47.3 Å². The van der Waals surface area contributed by atoms with E-state index in [-0.39, 0.29) is 30.0 Å². The fraction of sp³-hybridized carbons (Fsp3) is 0.565. The van der Waals surface area contributed by atoms with Crippen LogP contribution in [0.15, 0.2) is 35.5 Å². The average molecular weight is 540 g/mol. The Morgan fingerprint density at radius 1 is 1.26 bits per heavy atom. The first-order valence-corrected chi connectivity index (χ1v) is 11.1. The lowest BCUT2D eigenvalue weighted by Crippen LogP contribution is -2.39. The van der Waals surface area contributed by atoms with Crippen LogP contribution in [0.1, 0.15) is 49.0 Å². The SMILES string of the molecule is CCNC(=NCC(c1ccccc1OC)N1CCCC1)NCCCc1cn[nH]c1C.I. The zero-order valence-corrected chi connectivity index (χ0v) is 21.3. The molecule has 0 radical (unpaired) electrons. The topological polar surface area (TPSA) is 77.6 Å². The summed E-state index contributed by atoms with van der Waals surface area (Å²) < 4.78 is 5.65. The number of hydrogen-bond donors (Lipinski definition) is 3. The Balaban J connectivity index is 0.00000341. The van der Waals surface area contributed by atoms with Gasteiger partial charge in [0.1, 0.15) is 5.75 Å². The number of methoxy groups -OCH3 is 1. The fourth-order valence-corrected chi connectivity index (χ4v) is 4.04. The van der Waals surface area contributed by atoms with Gasteiger partial charge in [-0.15, -0.1) is 24.0 Å². The highest BCUT2D eigenvalue weighted by Gasteiger charge is 2.25. The van der Waals surface area contributed by atoms with Crippen molar-refractivity contribution in [3.63, 3.8) is 0 Å². The van der Waals surface area contributed by atoms with E-state index < -0.39 is 0 Å². The predicted molar refractivity (Wildman–Crippen MR) is 138 cm³/mol. The lowest BCUT2D eigenvalue weighted by molar-refractivity contribution is 0.245. The molecule has 8 heteroatoms. The molecule has 1 saturated heterocycles. The second-order valence-electron chi connectivity index (χ2n) is 7.77. The van der Waals surface area contributed by atoms with E-state index in [2.05, 4.69) is 51.7 Å². The maximum Gasteiger partial charge on any atom is 0.191 e. The Morgan fingerprint density at radius 2 is 2.03 bits per heavy atom. The van der Waals surface area contributed by atoms with Gasteiger partial charge in [0.05, 0.1) is 25.9 Å². The van der Waals surface area contributed by atoms with Crippen LogP contribution in [0, 0.1) is 6.92 Å². The molecule has 1 aromatic heterocycles. The van der Waals surface area contributed by atoms with E-state index in [1.807, 2.05) is 18.3 Å². The van der Waals surface area contributed by atoms with Gasteiger partial charge in [-0.3, -0.25) is 15.0 Å². The number of para-hydroxylation sites is 1. The van der Waals surface area contributed by atoms with Crippen LogP contribution in [0.4, 0.5) is 0 Å². The van der Waals surface area contributed by atoms with Crippen molar-refractivity contribution in [2.75, 3.05) is 39.8 Å². The van der Waals surface area contributed by atoms with Crippen LogP contribution in [0.5, 0.6) is 5.75 Å². The minimum absolute atomic E-state index is 0. The standard InChI is InChI=1S/C23H36N6O.HI/c1-4-24-23(25-13-9-10-19-16-27-28-18(19)2)26-17-21(29-14-7-8-15-29)20-11-5-6-12-22(20)30-3;/h5-6,11-12,16,21H,4,7-10,13-15,17H2,1-3H3,(H,27,28)(H2,24,25,26);1H. The number of nitrogens with one attached hydrogen (secondary N) is 3. The molecule has 0 spiro atoms. The molecule has 0 aliphatic carbocycles. The smallest absolute Gasteiger partial charge is 0.191 e. The maximum atomic E-state index is 5.65. The third-order valence-electron chi connectivity index (χ3n) is 5.70. The van der Waals surface area contributed by atoms with Crippen molar-refractivity contribution >= 4 is 29.9 Å². The second kappa shape index (κ2) is 13.6. The number of H-pyrrole nitrogens is 1. The van der Waals surface area contributed by atoms with Gasteiger partial charge in [0.25, 0.3) is 0 Å². The lowest BCUT2D eigenvalue weighted by Gasteiger charge is -2.28. The Kier molecular flexibility index (Phi) is 11.1. The molecular formula is C23H37IN6O. The Morgan fingerprint density at radius 3 is 2.71 bits per heavy atom. The molecule has 31 heavy (non-hydrogen) atoms. The number of aryl methyl sites for hydroxylation is 2. The van der Waals surface area contributed by atoms with Crippen LogP contribution in [0.2, 0.25) is 0 Å². The number of aliphatic imine (C=N–C) groups is 1. The average Bonchev–Trinajstić information content (AvgIpc) is 3.44. The highest BCUT2D eigenvalue weighted by molar-refractivity contribution is 14.0. The summed E-state index contributed by atoms with van der Waals surface area (Å²) in [5.41, 5.74) is 3.65. The van der Waals surface area contributed by atoms with Gasteiger partial charge >= 0.3 is 0 Å². The van der Waals surface area contributed by atoms with Gasteiger partial charge in [-0.25, -0.2) is 0 Å². The van der Waals surface area contributed by atoms with E-state index in [0.29, 0.717) is 6.54 Å². The molecule has 0 amide bonds. The minimum atomic E-state index is 0. The number of aromatic nitrogens is 2. The molecule has 3 rings (SSSR count). The molecule has 0 saturated carbocycles. The summed E-state index contributed by atoms with van der Waals surface area (Å²) in [6, 6.07) is 8.56. The number of likely N-dealkylation sites (tertiary alicyclic amines) is 1. The summed E-state index contributed by atoms with van der Waals surface area (Å²) in [5.74, 6) is 1.82. The largest absolute Gasteiger partial charge is 0.496 e. The summed E-state index contributed by atoms with van der Waals surface area (Å²) in [6.07, 6.45) is 6.46. The number of rotatable bonds is 10. The Hall–Kier alpha value is -1.81. The summed E-state index contributed by atoms with van der Waals surface area (Å²) in [7, 11) is 1.75. The van der Waals surface area contributed by atoms with Gasteiger partial charge in [-0.05, 0) is 64.3 Å². The van der Waals surface area contributed by atoms with E-state index in [9.17, 15) is 0 Å². The van der Waals surface area contributed by atoms with Crippen molar-refractivity contribution < 1.29 is 4.74 Å². The summed E-state index contributed by atoms with van der Waals surface area (Å²) >= 11 is 0. The number of benzene rings is 1. The van der Waals surface area contributed by atoms with Gasteiger partial charge in [-0.2, -0.15) is 5.10 Å². The first-order valence-electron chi connectivity index (χ1n) is 11.1. The molecule has 2 heterocycles. The van der Waals surface area contributed by atoms with Crippen LogP contribution in [0.3, 0.4) is 0 Å². The molecule has 172 valence electrons. The zero-order chi connectivity index (χ0) is 21.2. The highest BCUT2D eigenvalue weighted by atomic mass is 127. The van der Waals surface area contributed by atoms with Gasteiger partial charge in [0.2, 0.25) is 0 Å². The van der Waals surface area contributed by atoms with E-state index in [1.165, 1.54) is 24.0 Å². The van der Waals surface area contributed by atoms with Crippen LogP contribution >= 0.6 is 24.0 Å². The summed E-state index contributed by atoms with van der Waals surface area (Å²) in [6.45, 7) is 8.83. The van der Waals surface area contributed by atoms with Crippen LogP contribution in [-0.2, 0) is 6.42 Å². The van der Waals surface area contributed by atoms with Gasteiger partial charge in [0, 0.05) is 24.3 Å². The number of guanidine groups is 1. The quantitative estimate of drug-likeness (QED) is 0.186. The van der Waals surface area contributed by atoms with Crippen LogP contribution in [0.25, 0.3) is 0 Å².